The van der Waals surface area contributed by atoms with Crippen LogP contribution in [0.4, 0.5) is 17.5 Å². The highest BCUT2D eigenvalue weighted by atomic mass is 35.5. The van der Waals surface area contributed by atoms with Gasteiger partial charge in [0.05, 0.1) is 18.3 Å². The molecule has 3 heterocycles. The summed E-state index contributed by atoms with van der Waals surface area (Å²) >= 11 is 6.09. The number of carbonyl (C=O) groups is 1. The molecular formula is C18H20ClN5O. The molecule has 1 aromatic heterocycles. The molecule has 0 unspecified atom stereocenters. The van der Waals surface area contributed by atoms with E-state index in [1.54, 1.807) is 13.1 Å². The van der Waals surface area contributed by atoms with Crippen LogP contribution in [0.25, 0.3) is 0 Å². The lowest BCUT2D eigenvalue weighted by Crippen LogP contribution is -2.24. The topological polar surface area (TPSA) is 70.2 Å². The molecular weight excluding hydrogens is 338 g/mol. The Morgan fingerprint density at radius 3 is 2.80 bits per heavy atom. The third-order valence-corrected chi connectivity index (χ3v) is 5.17. The first kappa shape index (κ1) is 16.1. The minimum atomic E-state index is 0.148. The minimum Gasteiger partial charge on any atom is -0.369 e. The highest BCUT2D eigenvalue weighted by Gasteiger charge is 2.45. The zero-order valence-corrected chi connectivity index (χ0v) is 15.0. The van der Waals surface area contributed by atoms with E-state index in [2.05, 4.69) is 32.7 Å². The Morgan fingerprint density at radius 1 is 1.32 bits per heavy atom. The van der Waals surface area contributed by atoms with Crippen LogP contribution in [0.3, 0.4) is 0 Å². The van der Waals surface area contributed by atoms with Crippen molar-refractivity contribution in [1.29, 1.82) is 0 Å². The van der Waals surface area contributed by atoms with Gasteiger partial charge in [-0.3, -0.25) is 4.79 Å². The lowest BCUT2D eigenvalue weighted by atomic mass is 9.91. The molecule has 0 aliphatic carbocycles. The Morgan fingerprint density at radius 2 is 2.08 bits per heavy atom. The zero-order valence-electron chi connectivity index (χ0n) is 14.2. The molecule has 0 spiro atoms. The van der Waals surface area contributed by atoms with Gasteiger partial charge in [0.15, 0.2) is 0 Å². The van der Waals surface area contributed by atoms with Gasteiger partial charge >= 0.3 is 0 Å². The van der Waals surface area contributed by atoms with Crippen LogP contribution in [0.5, 0.6) is 0 Å². The predicted molar refractivity (Wildman–Crippen MR) is 98.2 cm³/mol. The second-order valence-corrected chi connectivity index (χ2v) is 6.83. The summed E-state index contributed by atoms with van der Waals surface area (Å²) in [6.45, 7) is 4.38. The van der Waals surface area contributed by atoms with Crippen molar-refractivity contribution in [2.24, 2.45) is 0 Å². The molecule has 2 atom stereocenters. The average Bonchev–Trinajstić information content (AvgIpc) is 3.15. The Balaban J connectivity index is 1.61. The maximum Gasteiger partial charge on any atom is 0.229 e. The maximum atomic E-state index is 12.0. The van der Waals surface area contributed by atoms with Gasteiger partial charge in [-0.25, -0.2) is 4.98 Å². The van der Waals surface area contributed by atoms with Crippen molar-refractivity contribution in [3.8, 4) is 0 Å². The van der Waals surface area contributed by atoms with E-state index in [0.29, 0.717) is 16.8 Å². The Bertz CT molecular complexity index is 840. The molecule has 2 N–H and O–H groups in total. The molecule has 1 fully saturated rings. The summed E-state index contributed by atoms with van der Waals surface area (Å²) in [5.74, 6) is 1.26. The van der Waals surface area contributed by atoms with Crippen LogP contribution >= 0.6 is 11.6 Å². The number of amides is 1. The molecule has 6 nitrogen and oxygen atoms in total. The quantitative estimate of drug-likeness (QED) is 0.864. The highest BCUT2D eigenvalue weighted by molar-refractivity contribution is 6.32. The molecule has 4 rings (SSSR count). The first-order valence-corrected chi connectivity index (χ1v) is 8.92. The van der Waals surface area contributed by atoms with Crippen molar-refractivity contribution in [2.45, 2.75) is 38.8 Å². The largest absolute Gasteiger partial charge is 0.369 e. The molecule has 2 aliphatic heterocycles. The molecule has 2 aromatic rings. The van der Waals surface area contributed by atoms with Crippen LogP contribution < -0.4 is 10.6 Å². The van der Waals surface area contributed by atoms with Gasteiger partial charge in [-0.1, -0.05) is 17.7 Å². The predicted octanol–water partition coefficient (Wildman–Crippen LogP) is 4.04. The van der Waals surface area contributed by atoms with Gasteiger partial charge in [0, 0.05) is 19.2 Å². The molecule has 7 heteroatoms. The van der Waals surface area contributed by atoms with Crippen LogP contribution in [0.2, 0.25) is 5.02 Å². The van der Waals surface area contributed by atoms with Gasteiger partial charge in [-0.05, 0) is 43.0 Å². The van der Waals surface area contributed by atoms with Crippen molar-refractivity contribution >= 4 is 35.0 Å². The van der Waals surface area contributed by atoms with Crippen molar-refractivity contribution in [2.75, 3.05) is 17.2 Å². The van der Waals surface area contributed by atoms with E-state index < -0.39 is 0 Å². The van der Waals surface area contributed by atoms with E-state index in [-0.39, 0.29) is 18.0 Å². The van der Waals surface area contributed by atoms with E-state index in [1.165, 1.54) is 11.1 Å². The monoisotopic (exact) mass is 357 g/mol. The fourth-order valence-electron chi connectivity index (χ4n) is 3.95. The summed E-state index contributed by atoms with van der Waals surface area (Å²) in [6.07, 6.45) is 3.67. The van der Waals surface area contributed by atoms with Gasteiger partial charge in [0.1, 0.15) is 10.8 Å². The van der Waals surface area contributed by atoms with Crippen molar-refractivity contribution in [1.82, 2.24) is 14.9 Å². The lowest BCUT2D eigenvalue weighted by molar-refractivity contribution is -0.131. The van der Waals surface area contributed by atoms with Crippen molar-refractivity contribution in [3.63, 3.8) is 0 Å². The van der Waals surface area contributed by atoms with Crippen LogP contribution in [-0.2, 0) is 4.79 Å². The molecule has 2 aliphatic rings. The third-order valence-electron chi connectivity index (χ3n) is 4.90. The van der Waals surface area contributed by atoms with Crippen LogP contribution in [0.1, 0.15) is 49.9 Å². The Labute approximate surface area is 151 Å². The second-order valence-electron chi connectivity index (χ2n) is 6.42. The van der Waals surface area contributed by atoms with Gasteiger partial charge < -0.3 is 15.5 Å². The number of nitrogens with one attached hydrogen (secondary N) is 2. The third kappa shape index (κ3) is 2.70. The number of hydrogen-bond acceptors (Lipinski definition) is 5. The molecule has 25 heavy (non-hydrogen) atoms. The number of carbonyl (C=O) groups excluding carboxylic acids is 1. The summed E-state index contributed by atoms with van der Waals surface area (Å²) in [6, 6.07) is 6.67. The average molecular weight is 358 g/mol. The molecule has 1 saturated heterocycles. The van der Waals surface area contributed by atoms with Gasteiger partial charge in [-0.15, -0.1) is 0 Å². The van der Waals surface area contributed by atoms with Gasteiger partial charge in [-0.2, -0.15) is 4.98 Å². The molecule has 2 bridgehead atoms. The van der Waals surface area contributed by atoms with Crippen molar-refractivity contribution in [3.05, 3.63) is 40.5 Å². The summed E-state index contributed by atoms with van der Waals surface area (Å²) in [5.41, 5.74) is 3.42. The minimum absolute atomic E-state index is 0.148. The zero-order chi connectivity index (χ0) is 17.6. The second kappa shape index (κ2) is 6.19. The molecule has 0 saturated carbocycles. The number of halogens is 1. The fourth-order valence-corrected chi connectivity index (χ4v) is 4.11. The van der Waals surface area contributed by atoms with Gasteiger partial charge in [0.2, 0.25) is 11.9 Å². The number of fused-ring (bicyclic) bond motifs is 5. The molecule has 1 amide bonds. The first-order valence-electron chi connectivity index (χ1n) is 8.54. The smallest absolute Gasteiger partial charge is 0.229 e. The number of benzene rings is 1. The normalized spacial score (nSPS) is 20.5. The first-order chi connectivity index (χ1) is 12.1. The molecule has 1 aromatic carbocycles. The van der Waals surface area contributed by atoms with Crippen LogP contribution in [0, 0.1) is 0 Å². The Hall–Kier alpha value is -2.34. The number of anilines is 3. The van der Waals surface area contributed by atoms with Crippen LogP contribution in [-0.4, -0.2) is 27.3 Å². The van der Waals surface area contributed by atoms with Crippen LogP contribution in [0.15, 0.2) is 24.4 Å². The van der Waals surface area contributed by atoms with E-state index in [0.717, 1.165) is 25.1 Å². The van der Waals surface area contributed by atoms with Gasteiger partial charge in [0.25, 0.3) is 0 Å². The van der Waals surface area contributed by atoms with E-state index in [9.17, 15) is 4.79 Å². The summed E-state index contributed by atoms with van der Waals surface area (Å²) < 4.78 is 0. The lowest BCUT2D eigenvalue weighted by Gasteiger charge is -2.20. The van der Waals surface area contributed by atoms with E-state index >= 15 is 0 Å². The number of hydrogen-bond donors (Lipinski definition) is 2. The molecule has 0 radical (unpaired) electrons. The number of rotatable bonds is 4. The number of aromatic nitrogens is 2. The Kier molecular flexibility index (Phi) is 4.00. The van der Waals surface area contributed by atoms with E-state index in [4.69, 9.17) is 11.6 Å². The summed E-state index contributed by atoms with van der Waals surface area (Å²) in [5, 5.41) is 6.85. The SMILES string of the molecule is CCNc1nc(Nc2ccc3c(c2)[C@H]2CC[C@@H]3N2C(C)=O)ncc1Cl. The molecule has 130 valence electrons. The maximum absolute atomic E-state index is 12.0. The number of nitrogens with zero attached hydrogens (tertiary/aromatic N) is 3. The summed E-state index contributed by atoms with van der Waals surface area (Å²) in [7, 11) is 0. The van der Waals surface area contributed by atoms with E-state index in [1.807, 2.05) is 17.9 Å². The summed E-state index contributed by atoms with van der Waals surface area (Å²) in [4.78, 5) is 22.6. The fraction of sp³-hybridized carbons (Fsp3) is 0.389. The van der Waals surface area contributed by atoms with Crippen molar-refractivity contribution < 1.29 is 4.79 Å². The standard InChI is InChI=1S/C18H20ClN5O/c1-3-20-17-14(19)9-21-18(23-17)22-11-4-5-12-13(8-11)16-7-6-15(12)24(16)10(2)25/h4-5,8-9,15-16H,3,6-7H2,1-2H3,(H2,20,21,22,23)/t15-,16+/m0/s1. The highest BCUT2D eigenvalue weighted by Crippen LogP contribution is 2.53.